The van der Waals surface area contributed by atoms with E-state index in [1.165, 1.54) is 16.2 Å². The molecule has 0 unspecified atom stereocenters. The van der Waals surface area contributed by atoms with Gasteiger partial charge in [-0.15, -0.1) is 11.3 Å². The van der Waals surface area contributed by atoms with E-state index in [2.05, 4.69) is 5.32 Å². The Morgan fingerprint density at radius 3 is 2.88 bits per heavy atom. The molecular weight excluding hydrogens is 530 g/mol. The first-order valence-corrected chi connectivity index (χ1v) is 14.6. The van der Waals surface area contributed by atoms with Crippen molar-refractivity contribution < 1.29 is 28.6 Å². The highest BCUT2D eigenvalue weighted by atomic mass is 32.1. The highest BCUT2D eigenvalue weighted by Crippen LogP contribution is 2.52. The van der Waals surface area contributed by atoms with Gasteiger partial charge in [0.2, 0.25) is 11.8 Å². The summed E-state index contributed by atoms with van der Waals surface area (Å²) in [6.07, 6.45) is 0.555. The molecule has 10 heteroatoms. The van der Waals surface area contributed by atoms with Gasteiger partial charge >= 0.3 is 0 Å². The van der Waals surface area contributed by atoms with Gasteiger partial charge in [-0.2, -0.15) is 0 Å². The first kappa shape index (κ1) is 26.6. The van der Waals surface area contributed by atoms with Crippen LogP contribution in [0, 0.1) is 5.41 Å². The quantitative estimate of drug-likeness (QED) is 0.524. The number of hydrogen-bond donors (Lipinski definition) is 1. The molecule has 2 atom stereocenters. The molecule has 1 aromatic heterocycles. The summed E-state index contributed by atoms with van der Waals surface area (Å²) < 4.78 is 18.8. The summed E-state index contributed by atoms with van der Waals surface area (Å²) in [6, 6.07) is 15.8. The second-order valence-corrected chi connectivity index (χ2v) is 11.7. The number of carbonyl (C=O) groups is 3. The fourth-order valence-electron chi connectivity index (χ4n) is 5.98. The predicted molar refractivity (Wildman–Crippen MR) is 151 cm³/mol. The highest BCUT2D eigenvalue weighted by molar-refractivity contribution is 7.20. The molecule has 0 saturated carbocycles. The van der Waals surface area contributed by atoms with Crippen LogP contribution in [0.3, 0.4) is 0 Å². The van der Waals surface area contributed by atoms with E-state index >= 15 is 0 Å². The van der Waals surface area contributed by atoms with Gasteiger partial charge in [0.1, 0.15) is 6.61 Å². The van der Waals surface area contributed by atoms with Crippen molar-refractivity contribution in [2.75, 3.05) is 59.2 Å². The fraction of sp³-hybridized carbons (Fsp3) is 0.433. The van der Waals surface area contributed by atoms with Crippen LogP contribution in [0.15, 0.2) is 48.5 Å². The van der Waals surface area contributed by atoms with Gasteiger partial charge < -0.3 is 29.3 Å². The molecule has 40 heavy (non-hydrogen) atoms. The largest absolute Gasteiger partial charge is 0.490 e. The number of hydrogen-bond acceptors (Lipinski definition) is 7. The summed E-state index contributed by atoms with van der Waals surface area (Å²) in [5.74, 6) is 0.833. The zero-order valence-electron chi connectivity index (χ0n) is 22.5. The lowest BCUT2D eigenvalue weighted by Gasteiger charge is -2.40. The van der Waals surface area contributed by atoms with Crippen LogP contribution in [0.4, 0.5) is 0 Å². The lowest BCUT2D eigenvalue weighted by Crippen LogP contribution is -2.51. The maximum atomic E-state index is 13.8. The second-order valence-electron chi connectivity index (χ2n) is 10.6. The van der Waals surface area contributed by atoms with Gasteiger partial charge in [0.15, 0.2) is 11.5 Å². The third-order valence-electron chi connectivity index (χ3n) is 8.04. The predicted octanol–water partition coefficient (Wildman–Crippen LogP) is 3.28. The summed E-state index contributed by atoms with van der Waals surface area (Å²) in [7, 11) is 0. The van der Waals surface area contributed by atoms with E-state index in [1.807, 2.05) is 60.4 Å². The minimum absolute atomic E-state index is 0.0131. The molecule has 3 aromatic rings. The van der Waals surface area contributed by atoms with E-state index in [-0.39, 0.29) is 36.8 Å². The first-order valence-electron chi connectivity index (χ1n) is 13.8. The minimum atomic E-state index is -0.516. The number of likely N-dealkylation sites (tertiary alicyclic amines) is 1. The van der Waals surface area contributed by atoms with Crippen LogP contribution in [0.25, 0.3) is 10.1 Å². The van der Waals surface area contributed by atoms with Gasteiger partial charge in [0.25, 0.3) is 5.91 Å². The molecule has 1 N–H and O–H groups in total. The van der Waals surface area contributed by atoms with Crippen molar-refractivity contribution in [2.45, 2.75) is 19.3 Å². The number of ether oxygens (including phenoxy) is 3. The van der Waals surface area contributed by atoms with Crippen LogP contribution in [-0.2, 0) is 14.3 Å². The Labute approximate surface area is 237 Å². The number of thiophene rings is 1. The Kier molecular flexibility index (Phi) is 7.37. The average molecular weight is 564 g/mol. The Morgan fingerprint density at radius 1 is 1.15 bits per heavy atom. The lowest BCUT2D eigenvalue weighted by atomic mass is 9.73. The average Bonchev–Trinajstić information content (AvgIpc) is 3.58. The van der Waals surface area contributed by atoms with Gasteiger partial charge in [0.05, 0.1) is 24.6 Å². The molecule has 3 amide bonds. The maximum Gasteiger partial charge on any atom is 0.264 e. The maximum absolute atomic E-state index is 13.8. The van der Waals surface area contributed by atoms with Crippen molar-refractivity contribution >= 4 is 39.1 Å². The molecule has 5 heterocycles. The van der Waals surface area contributed by atoms with Crippen molar-refractivity contribution in [1.29, 1.82) is 0 Å². The highest BCUT2D eigenvalue weighted by Gasteiger charge is 2.53. The zero-order valence-corrected chi connectivity index (χ0v) is 23.3. The number of rotatable bonds is 4. The molecule has 0 aliphatic carbocycles. The molecular formula is C30H33N3O6S. The SMILES string of the molecule is CCOCC(=O)N1CCCOc2cccc3c2OC[C@@]2(CNC(=O)C1)CN(C(=O)c1cc4ccccc4s1)C[C@@H]32. The fourth-order valence-corrected chi connectivity index (χ4v) is 7.01. The van der Waals surface area contributed by atoms with Gasteiger partial charge in [-0.05, 0) is 36.9 Å². The van der Waals surface area contributed by atoms with Gasteiger partial charge in [-0.25, -0.2) is 0 Å². The third-order valence-corrected chi connectivity index (χ3v) is 9.15. The Balaban J connectivity index is 1.30. The molecule has 1 spiro atoms. The number of nitrogens with zero attached hydrogens (tertiary/aromatic N) is 2. The van der Waals surface area contributed by atoms with Crippen LogP contribution in [0.1, 0.15) is 34.5 Å². The van der Waals surface area contributed by atoms with Crippen LogP contribution < -0.4 is 14.8 Å². The number of carbonyl (C=O) groups excluding carboxylic acids is 3. The molecule has 7 rings (SSSR count). The summed E-state index contributed by atoms with van der Waals surface area (Å²) in [5, 5.41) is 4.13. The third kappa shape index (κ3) is 5.01. The second kappa shape index (κ2) is 11.1. The van der Waals surface area contributed by atoms with Crippen LogP contribution in [0.5, 0.6) is 11.5 Å². The molecule has 4 aliphatic heterocycles. The normalized spacial score (nSPS) is 22.7. The van der Waals surface area contributed by atoms with Crippen molar-refractivity contribution in [3.63, 3.8) is 0 Å². The molecule has 210 valence electrons. The van der Waals surface area contributed by atoms with Crippen LogP contribution >= 0.6 is 11.3 Å². The molecule has 1 fully saturated rings. The Hall–Kier alpha value is -3.63. The molecule has 1 saturated heterocycles. The lowest BCUT2D eigenvalue weighted by molar-refractivity contribution is -0.140. The van der Waals surface area contributed by atoms with E-state index < -0.39 is 5.41 Å². The van der Waals surface area contributed by atoms with E-state index in [9.17, 15) is 14.4 Å². The van der Waals surface area contributed by atoms with Gasteiger partial charge in [0, 0.05) is 54.4 Å². The van der Waals surface area contributed by atoms with Crippen molar-refractivity contribution in [3.05, 3.63) is 59.0 Å². The first-order chi connectivity index (χ1) is 19.5. The van der Waals surface area contributed by atoms with Crippen molar-refractivity contribution in [2.24, 2.45) is 5.41 Å². The summed E-state index contributed by atoms with van der Waals surface area (Å²) in [4.78, 5) is 43.7. The Morgan fingerprint density at radius 2 is 2.02 bits per heavy atom. The zero-order chi connectivity index (χ0) is 27.7. The summed E-state index contributed by atoms with van der Waals surface area (Å²) in [6.45, 7) is 4.50. The monoisotopic (exact) mass is 563 g/mol. The topological polar surface area (TPSA) is 97.4 Å². The van der Waals surface area contributed by atoms with E-state index in [1.54, 1.807) is 0 Å². The standard InChI is InChI=1S/C30H33N3O6S/c1-2-37-16-27(35)32-11-6-12-38-23-9-5-8-21-22-14-33(29(36)25-13-20-7-3-4-10-24(20)40-25)18-30(22,19-39-28(21)23)17-31-26(34)15-32/h3-5,7-10,13,22H,2,6,11-12,14-19H2,1H3,(H,31,34)/t22-,30+/m0/s1. The Bertz CT molecular complexity index is 1410. The number of para-hydroxylation sites is 1. The smallest absolute Gasteiger partial charge is 0.264 e. The number of benzene rings is 2. The van der Waals surface area contributed by atoms with Gasteiger partial charge in [-0.3, -0.25) is 14.4 Å². The van der Waals surface area contributed by atoms with E-state index in [4.69, 9.17) is 14.2 Å². The number of nitrogens with one attached hydrogen (secondary N) is 1. The summed E-state index contributed by atoms with van der Waals surface area (Å²) >= 11 is 1.50. The molecule has 4 aliphatic rings. The number of amides is 3. The minimum Gasteiger partial charge on any atom is -0.490 e. The van der Waals surface area contributed by atoms with Crippen molar-refractivity contribution in [1.82, 2.24) is 15.1 Å². The molecule has 2 aromatic carbocycles. The van der Waals surface area contributed by atoms with E-state index in [0.717, 1.165) is 15.6 Å². The van der Waals surface area contributed by atoms with Crippen LogP contribution in [0.2, 0.25) is 0 Å². The molecule has 9 nitrogen and oxygen atoms in total. The van der Waals surface area contributed by atoms with Crippen molar-refractivity contribution in [3.8, 4) is 11.5 Å². The summed E-state index contributed by atoms with van der Waals surface area (Å²) in [5.41, 5.74) is 0.480. The molecule has 4 bridgehead atoms. The van der Waals surface area contributed by atoms with E-state index in [0.29, 0.717) is 68.8 Å². The van der Waals surface area contributed by atoms with Crippen LogP contribution in [-0.4, -0.2) is 86.7 Å². The molecule has 0 radical (unpaired) electrons. The van der Waals surface area contributed by atoms with Gasteiger partial charge in [-0.1, -0.05) is 30.3 Å². The number of fused-ring (bicyclic) bond motifs is 10.